The van der Waals surface area contributed by atoms with E-state index in [0.717, 1.165) is 64.1 Å². The average molecular weight is 503 g/mol. The molecule has 1 heterocycles. The Balaban J connectivity index is 0.00000392. The van der Waals surface area contributed by atoms with Crippen LogP contribution in [0.2, 0.25) is 0 Å². The van der Waals surface area contributed by atoms with Gasteiger partial charge in [-0.2, -0.15) is 0 Å². The van der Waals surface area contributed by atoms with Gasteiger partial charge in [-0.3, -0.25) is 14.7 Å². The van der Waals surface area contributed by atoms with E-state index in [4.69, 9.17) is 9.73 Å². The van der Waals surface area contributed by atoms with E-state index in [-0.39, 0.29) is 29.9 Å². The zero-order valence-corrected chi connectivity index (χ0v) is 19.6. The van der Waals surface area contributed by atoms with Crippen LogP contribution in [0.5, 0.6) is 5.75 Å². The number of carbonyl (C=O) groups is 1. The molecule has 1 aromatic rings. The fourth-order valence-corrected chi connectivity index (χ4v) is 2.98. The molecule has 0 unspecified atom stereocenters. The third-order valence-electron chi connectivity index (χ3n) is 4.63. The number of halogens is 1. The molecule has 0 atom stereocenters. The number of nitrogens with one attached hydrogen (secondary N) is 1. The van der Waals surface area contributed by atoms with Crippen LogP contribution in [0, 0.1) is 0 Å². The molecule has 1 aromatic carbocycles. The van der Waals surface area contributed by atoms with E-state index in [1.54, 1.807) is 6.92 Å². The standard InChI is InChI=1S/C20H33N5O2.HI/c1-4-21-20(23(3)16-17-27-19-8-6-5-7-9-19)22-10-11-24-12-14-25(15-13-24)18(2)26;/h5-9H,4,10-17H2,1-3H3,(H,21,22);1H. The number of rotatable bonds is 8. The number of nitrogens with zero attached hydrogens (tertiary/aromatic N) is 4. The topological polar surface area (TPSA) is 60.4 Å². The van der Waals surface area contributed by atoms with Crippen molar-refractivity contribution in [2.24, 2.45) is 4.99 Å². The first-order valence-electron chi connectivity index (χ1n) is 9.75. The Morgan fingerprint density at radius 3 is 2.50 bits per heavy atom. The van der Waals surface area contributed by atoms with Gasteiger partial charge >= 0.3 is 0 Å². The molecular formula is C20H34IN5O2. The van der Waals surface area contributed by atoms with Gasteiger partial charge in [0.2, 0.25) is 5.91 Å². The van der Waals surface area contributed by atoms with Crippen LogP contribution in [-0.2, 0) is 4.79 Å². The minimum atomic E-state index is 0. The number of para-hydroxylation sites is 1. The van der Waals surface area contributed by atoms with Gasteiger partial charge in [0.25, 0.3) is 0 Å². The highest BCUT2D eigenvalue weighted by Gasteiger charge is 2.17. The number of hydrogen-bond donors (Lipinski definition) is 1. The van der Waals surface area contributed by atoms with Crippen molar-refractivity contribution in [3.63, 3.8) is 0 Å². The van der Waals surface area contributed by atoms with Crippen molar-refractivity contribution < 1.29 is 9.53 Å². The summed E-state index contributed by atoms with van der Waals surface area (Å²) in [4.78, 5) is 22.5. The zero-order valence-electron chi connectivity index (χ0n) is 17.3. The molecule has 0 saturated carbocycles. The lowest BCUT2D eigenvalue weighted by atomic mass is 10.3. The van der Waals surface area contributed by atoms with Crippen molar-refractivity contribution in [3.8, 4) is 5.75 Å². The molecule has 1 aliphatic heterocycles. The summed E-state index contributed by atoms with van der Waals surface area (Å²) in [6.07, 6.45) is 0. The monoisotopic (exact) mass is 503 g/mol. The second-order valence-corrected chi connectivity index (χ2v) is 6.67. The Hall–Kier alpha value is -1.55. The normalized spacial score (nSPS) is 15.0. The zero-order chi connectivity index (χ0) is 19.5. The van der Waals surface area contributed by atoms with E-state index in [9.17, 15) is 4.79 Å². The summed E-state index contributed by atoms with van der Waals surface area (Å²) < 4.78 is 5.77. The third kappa shape index (κ3) is 8.64. The van der Waals surface area contributed by atoms with Gasteiger partial charge < -0.3 is 19.9 Å². The summed E-state index contributed by atoms with van der Waals surface area (Å²) in [6, 6.07) is 9.85. The fourth-order valence-electron chi connectivity index (χ4n) is 2.98. The molecule has 1 aliphatic rings. The summed E-state index contributed by atoms with van der Waals surface area (Å²) in [5.41, 5.74) is 0. The van der Waals surface area contributed by atoms with E-state index in [2.05, 4.69) is 22.0 Å². The number of piperazine rings is 1. The Bertz CT molecular complexity index is 592. The van der Waals surface area contributed by atoms with E-state index in [0.29, 0.717) is 6.61 Å². The predicted molar refractivity (Wildman–Crippen MR) is 125 cm³/mol. The summed E-state index contributed by atoms with van der Waals surface area (Å²) in [7, 11) is 2.03. The Morgan fingerprint density at radius 2 is 1.89 bits per heavy atom. The first-order chi connectivity index (χ1) is 13.1. The van der Waals surface area contributed by atoms with Crippen LogP contribution in [0.15, 0.2) is 35.3 Å². The van der Waals surface area contributed by atoms with E-state index in [1.165, 1.54) is 0 Å². The molecular weight excluding hydrogens is 469 g/mol. The second-order valence-electron chi connectivity index (χ2n) is 6.67. The lowest BCUT2D eigenvalue weighted by molar-refractivity contribution is -0.130. The molecule has 0 bridgehead atoms. The van der Waals surface area contributed by atoms with Gasteiger partial charge in [0.1, 0.15) is 12.4 Å². The fraction of sp³-hybridized carbons (Fsp3) is 0.600. The van der Waals surface area contributed by atoms with Gasteiger partial charge in [-0.25, -0.2) is 0 Å². The molecule has 158 valence electrons. The molecule has 0 spiro atoms. The Kier molecular flexibility index (Phi) is 11.9. The van der Waals surface area contributed by atoms with Gasteiger partial charge in [-0.05, 0) is 19.1 Å². The number of ether oxygens (including phenoxy) is 1. The molecule has 7 nitrogen and oxygen atoms in total. The summed E-state index contributed by atoms with van der Waals surface area (Å²) in [5, 5.41) is 3.34. The van der Waals surface area contributed by atoms with Crippen LogP contribution < -0.4 is 10.1 Å². The average Bonchev–Trinajstić information content (AvgIpc) is 2.68. The van der Waals surface area contributed by atoms with Gasteiger partial charge in [-0.15, -0.1) is 24.0 Å². The van der Waals surface area contributed by atoms with Crippen molar-refractivity contribution in [1.82, 2.24) is 20.0 Å². The number of hydrogen-bond acceptors (Lipinski definition) is 4. The lowest BCUT2D eigenvalue weighted by Gasteiger charge is -2.33. The SMILES string of the molecule is CCNC(=NCCN1CCN(C(C)=O)CC1)N(C)CCOc1ccccc1.I. The van der Waals surface area contributed by atoms with E-state index in [1.807, 2.05) is 42.3 Å². The maximum absolute atomic E-state index is 11.4. The highest BCUT2D eigenvalue weighted by Crippen LogP contribution is 2.07. The molecule has 28 heavy (non-hydrogen) atoms. The van der Waals surface area contributed by atoms with Crippen molar-refractivity contribution in [1.29, 1.82) is 0 Å². The van der Waals surface area contributed by atoms with Gasteiger partial charge in [-0.1, -0.05) is 18.2 Å². The first kappa shape index (κ1) is 24.5. The van der Waals surface area contributed by atoms with Crippen LogP contribution in [0.1, 0.15) is 13.8 Å². The molecule has 2 rings (SSSR count). The van der Waals surface area contributed by atoms with Crippen molar-refractivity contribution in [2.45, 2.75) is 13.8 Å². The number of likely N-dealkylation sites (N-methyl/N-ethyl adjacent to an activating group) is 1. The highest BCUT2D eigenvalue weighted by molar-refractivity contribution is 14.0. The van der Waals surface area contributed by atoms with Crippen LogP contribution >= 0.6 is 24.0 Å². The number of aliphatic imine (C=N–C) groups is 1. The van der Waals surface area contributed by atoms with E-state index < -0.39 is 0 Å². The summed E-state index contributed by atoms with van der Waals surface area (Å²) in [6.45, 7) is 11.0. The summed E-state index contributed by atoms with van der Waals surface area (Å²) >= 11 is 0. The smallest absolute Gasteiger partial charge is 0.219 e. The molecule has 8 heteroatoms. The van der Waals surface area contributed by atoms with Crippen LogP contribution in [0.3, 0.4) is 0 Å². The largest absolute Gasteiger partial charge is 0.492 e. The number of guanidine groups is 1. The molecule has 0 aromatic heterocycles. The first-order valence-corrected chi connectivity index (χ1v) is 9.75. The second kappa shape index (κ2) is 13.6. The van der Waals surface area contributed by atoms with E-state index >= 15 is 0 Å². The Labute approximate surface area is 186 Å². The number of benzene rings is 1. The van der Waals surface area contributed by atoms with Crippen molar-refractivity contribution in [3.05, 3.63) is 30.3 Å². The number of carbonyl (C=O) groups excluding carboxylic acids is 1. The lowest BCUT2D eigenvalue weighted by Crippen LogP contribution is -2.48. The van der Waals surface area contributed by atoms with Gasteiger partial charge in [0.05, 0.1) is 13.1 Å². The molecule has 0 radical (unpaired) electrons. The molecule has 1 fully saturated rings. The van der Waals surface area contributed by atoms with Gasteiger partial charge in [0.15, 0.2) is 5.96 Å². The molecule has 1 amide bonds. The number of amides is 1. The minimum Gasteiger partial charge on any atom is -0.492 e. The third-order valence-corrected chi connectivity index (χ3v) is 4.63. The molecule has 1 saturated heterocycles. The van der Waals surface area contributed by atoms with Crippen molar-refractivity contribution in [2.75, 3.05) is 66.0 Å². The van der Waals surface area contributed by atoms with Gasteiger partial charge in [0, 0.05) is 53.2 Å². The quantitative estimate of drug-likeness (QED) is 0.333. The van der Waals surface area contributed by atoms with Crippen molar-refractivity contribution >= 4 is 35.8 Å². The Morgan fingerprint density at radius 1 is 1.21 bits per heavy atom. The summed E-state index contributed by atoms with van der Waals surface area (Å²) in [5.74, 6) is 1.95. The maximum atomic E-state index is 11.4. The van der Waals surface area contributed by atoms with Crippen LogP contribution in [0.4, 0.5) is 0 Å². The predicted octanol–water partition coefficient (Wildman–Crippen LogP) is 1.74. The maximum Gasteiger partial charge on any atom is 0.219 e. The minimum absolute atomic E-state index is 0. The highest BCUT2D eigenvalue weighted by atomic mass is 127. The van der Waals surface area contributed by atoms with Crippen LogP contribution in [0.25, 0.3) is 0 Å². The molecule has 0 aliphatic carbocycles. The van der Waals surface area contributed by atoms with Crippen LogP contribution in [-0.4, -0.2) is 92.6 Å². The molecule has 1 N–H and O–H groups in total.